The van der Waals surface area contributed by atoms with Crippen LogP contribution in [0.15, 0.2) is 59.5 Å². The fourth-order valence-electron chi connectivity index (χ4n) is 6.31. The van der Waals surface area contributed by atoms with Crippen LogP contribution in [0.3, 0.4) is 0 Å². The van der Waals surface area contributed by atoms with E-state index in [1.165, 1.54) is 10.7 Å². The number of benzene rings is 1. The molecule has 10 nitrogen and oxygen atoms in total. The van der Waals surface area contributed by atoms with E-state index in [1.807, 2.05) is 61.0 Å². The molecule has 10 heteroatoms. The first kappa shape index (κ1) is 30.3. The summed E-state index contributed by atoms with van der Waals surface area (Å²) in [5.41, 5.74) is 2.85. The van der Waals surface area contributed by atoms with Crippen molar-refractivity contribution in [3.63, 3.8) is 0 Å². The predicted octanol–water partition coefficient (Wildman–Crippen LogP) is 3.33. The summed E-state index contributed by atoms with van der Waals surface area (Å²) < 4.78 is 1.32. The van der Waals surface area contributed by atoms with E-state index in [4.69, 9.17) is 0 Å². The first-order chi connectivity index (χ1) is 20.6. The Bertz CT molecular complexity index is 1490. The molecule has 2 amide bonds. The number of aromatic hydroxyl groups is 1. The second-order valence-corrected chi connectivity index (χ2v) is 12.2. The maximum atomic E-state index is 14.3. The Hall–Kier alpha value is -4.21. The van der Waals surface area contributed by atoms with Gasteiger partial charge in [0.15, 0.2) is 0 Å². The summed E-state index contributed by atoms with van der Waals surface area (Å²) in [5.74, 6) is 0.591. The van der Waals surface area contributed by atoms with E-state index < -0.39 is 0 Å². The van der Waals surface area contributed by atoms with Crippen molar-refractivity contribution in [2.24, 2.45) is 24.8 Å². The van der Waals surface area contributed by atoms with Crippen molar-refractivity contribution in [1.29, 1.82) is 0 Å². The van der Waals surface area contributed by atoms with Gasteiger partial charge in [0.05, 0.1) is 12.0 Å². The molecule has 43 heavy (non-hydrogen) atoms. The largest absolute Gasteiger partial charge is 0.508 e. The van der Waals surface area contributed by atoms with Gasteiger partial charge in [-0.2, -0.15) is 5.10 Å². The van der Waals surface area contributed by atoms with Crippen molar-refractivity contribution in [1.82, 2.24) is 24.6 Å². The van der Waals surface area contributed by atoms with Crippen LogP contribution in [0.4, 0.5) is 5.82 Å². The van der Waals surface area contributed by atoms with Gasteiger partial charge in [-0.15, -0.1) is 0 Å². The number of carbonyl (C=O) groups is 2. The minimum absolute atomic E-state index is 0.0188. The van der Waals surface area contributed by atoms with E-state index in [1.54, 1.807) is 25.2 Å². The zero-order chi connectivity index (χ0) is 30.7. The molecular weight excluding hydrogens is 544 g/mol. The molecule has 0 spiro atoms. The standard InChI is InChI=1S/C33H42N6O4/c1-22(2)32(42)39-17-16-37(15-5-6-29(39)24-8-11-27(40)12-9-24)33(43)28-21-38(30-13-14-31(41)36(4)35-30)20-25(28)18-26-10-7-23(3)19-34-26/h7-14,19,22,25,28-29,40H,5-6,15-18,20-21H2,1-4H3. The van der Waals surface area contributed by atoms with Crippen LogP contribution < -0.4 is 10.5 Å². The van der Waals surface area contributed by atoms with Gasteiger partial charge in [-0.1, -0.05) is 32.0 Å². The summed E-state index contributed by atoms with van der Waals surface area (Å²) >= 11 is 0. The number of hydrogen-bond donors (Lipinski definition) is 1. The number of aromatic nitrogens is 3. The molecule has 2 saturated heterocycles. The molecule has 1 N–H and O–H groups in total. The van der Waals surface area contributed by atoms with Gasteiger partial charge in [0.25, 0.3) is 5.56 Å². The Kier molecular flexibility index (Phi) is 9.13. The second-order valence-electron chi connectivity index (χ2n) is 12.2. The molecule has 228 valence electrons. The first-order valence-corrected chi connectivity index (χ1v) is 15.2. The molecule has 2 fully saturated rings. The number of amides is 2. The number of nitrogens with zero attached hydrogens (tertiary/aromatic N) is 6. The first-order valence-electron chi connectivity index (χ1n) is 15.2. The van der Waals surface area contributed by atoms with Crippen molar-refractivity contribution in [3.8, 4) is 5.75 Å². The summed E-state index contributed by atoms with van der Waals surface area (Å²) in [5, 5.41) is 14.3. The lowest BCUT2D eigenvalue weighted by Crippen LogP contribution is -2.48. The van der Waals surface area contributed by atoms with Crippen LogP contribution in [-0.2, 0) is 23.1 Å². The molecule has 0 saturated carbocycles. The Labute approximate surface area is 252 Å². The van der Waals surface area contributed by atoms with E-state index in [0.29, 0.717) is 45.0 Å². The molecule has 2 aliphatic heterocycles. The van der Waals surface area contributed by atoms with Gasteiger partial charge in [0, 0.05) is 63.6 Å². The van der Waals surface area contributed by atoms with Crippen molar-refractivity contribution in [3.05, 3.63) is 81.9 Å². The highest BCUT2D eigenvalue weighted by molar-refractivity contribution is 5.81. The SMILES string of the molecule is Cc1ccc(CC2CN(c3ccc(=O)n(C)n3)CC2C(=O)N2CCCC(c3ccc(O)cc3)N(C(=O)C(C)C)CC2)nc1. The van der Waals surface area contributed by atoms with Gasteiger partial charge in [-0.25, -0.2) is 4.68 Å². The fraction of sp³-hybridized carbons (Fsp3) is 0.485. The summed E-state index contributed by atoms with van der Waals surface area (Å²) in [4.78, 5) is 50.2. The normalized spacial score (nSPS) is 21.1. The molecule has 0 aliphatic carbocycles. The number of pyridine rings is 1. The van der Waals surface area contributed by atoms with Crippen LogP contribution in [0.2, 0.25) is 0 Å². The summed E-state index contributed by atoms with van der Waals surface area (Å²) in [6.45, 7) is 8.46. The van der Waals surface area contributed by atoms with Crippen LogP contribution in [0.25, 0.3) is 0 Å². The summed E-state index contributed by atoms with van der Waals surface area (Å²) in [7, 11) is 1.63. The van der Waals surface area contributed by atoms with Crippen molar-refractivity contribution in [2.75, 3.05) is 37.6 Å². The average Bonchev–Trinajstić information content (AvgIpc) is 3.39. The maximum Gasteiger partial charge on any atom is 0.266 e. The molecule has 5 rings (SSSR count). The van der Waals surface area contributed by atoms with Gasteiger partial charge in [-0.3, -0.25) is 19.4 Å². The quantitative estimate of drug-likeness (QED) is 0.472. The number of carbonyl (C=O) groups excluding carboxylic acids is 2. The molecule has 1 aromatic carbocycles. The number of phenols is 1. The highest BCUT2D eigenvalue weighted by Gasteiger charge is 2.41. The molecule has 3 atom stereocenters. The van der Waals surface area contributed by atoms with Crippen molar-refractivity contribution >= 4 is 17.6 Å². The molecule has 3 aromatic rings. The smallest absolute Gasteiger partial charge is 0.266 e. The number of anilines is 1. The van der Waals surface area contributed by atoms with Crippen molar-refractivity contribution in [2.45, 2.75) is 46.1 Å². The number of hydrogen-bond acceptors (Lipinski definition) is 7. The average molecular weight is 587 g/mol. The van der Waals surface area contributed by atoms with Crippen LogP contribution in [-0.4, -0.2) is 74.2 Å². The molecule has 4 heterocycles. The number of rotatable bonds is 6. The Morgan fingerprint density at radius 2 is 1.77 bits per heavy atom. The minimum atomic E-state index is -0.274. The van der Waals surface area contributed by atoms with Gasteiger partial charge in [0.2, 0.25) is 11.8 Å². The van der Waals surface area contributed by atoms with Gasteiger partial charge < -0.3 is 19.8 Å². The highest BCUT2D eigenvalue weighted by Crippen LogP contribution is 2.33. The molecule has 3 unspecified atom stereocenters. The van der Waals surface area contributed by atoms with Crippen LogP contribution in [0.1, 0.15) is 49.6 Å². The van der Waals surface area contributed by atoms with Gasteiger partial charge in [-0.05, 0) is 67.5 Å². The lowest BCUT2D eigenvalue weighted by molar-refractivity contribution is -0.142. The maximum absolute atomic E-state index is 14.3. The molecule has 0 radical (unpaired) electrons. The third-order valence-corrected chi connectivity index (χ3v) is 8.73. The van der Waals surface area contributed by atoms with Gasteiger partial charge in [0.1, 0.15) is 11.6 Å². The highest BCUT2D eigenvalue weighted by atomic mass is 16.3. The van der Waals surface area contributed by atoms with Crippen LogP contribution in [0.5, 0.6) is 5.75 Å². The molecule has 2 aliphatic rings. The predicted molar refractivity (Wildman–Crippen MR) is 165 cm³/mol. The molecule has 0 bridgehead atoms. The topological polar surface area (TPSA) is 112 Å². The monoisotopic (exact) mass is 586 g/mol. The summed E-state index contributed by atoms with van der Waals surface area (Å²) in [6.07, 6.45) is 3.99. The van der Waals surface area contributed by atoms with E-state index in [9.17, 15) is 19.5 Å². The lowest BCUT2D eigenvalue weighted by atomic mass is 9.89. The van der Waals surface area contributed by atoms with E-state index >= 15 is 0 Å². The molecule has 2 aromatic heterocycles. The Balaban J connectivity index is 1.38. The fourth-order valence-corrected chi connectivity index (χ4v) is 6.31. The Morgan fingerprint density at radius 1 is 1.00 bits per heavy atom. The van der Waals surface area contributed by atoms with E-state index in [-0.39, 0.29) is 46.9 Å². The van der Waals surface area contributed by atoms with Gasteiger partial charge >= 0.3 is 0 Å². The summed E-state index contributed by atoms with van der Waals surface area (Å²) in [6, 6.07) is 14.3. The Morgan fingerprint density at radius 3 is 2.44 bits per heavy atom. The molecular formula is C33H42N6O4. The van der Waals surface area contributed by atoms with Crippen LogP contribution >= 0.6 is 0 Å². The zero-order valence-corrected chi connectivity index (χ0v) is 25.5. The zero-order valence-electron chi connectivity index (χ0n) is 25.5. The van der Waals surface area contributed by atoms with E-state index in [0.717, 1.165) is 29.7 Å². The minimum Gasteiger partial charge on any atom is -0.508 e. The second kappa shape index (κ2) is 13.0. The third kappa shape index (κ3) is 6.89. The number of phenolic OH excluding ortho intramolecular Hbond substituents is 1. The number of aryl methyl sites for hydroxylation is 2. The lowest BCUT2D eigenvalue weighted by Gasteiger charge is -2.39. The van der Waals surface area contributed by atoms with E-state index in [2.05, 4.69) is 15.0 Å². The van der Waals surface area contributed by atoms with Crippen molar-refractivity contribution < 1.29 is 14.7 Å². The third-order valence-electron chi connectivity index (χ3n) is 8.73. The van der Waals surface area contributed by atoms with Crippen LogP contribution in [0, 0.1) is 24.7 Å².